The van der Waals surface area contributed by atoms with Crippen molar-refractivity contribution < 1.29 is 9.18 Å². The van der Waals surface area contributed by atoms with Gasteiger partial charge in [0, 0.05) is 5.56 Å². The van der Waals surface area contributed by atoms with Crippen molar-refractivity contribution in [1.82, 2.24) is 4.98 Å². The van der Waals surface area contributed by atoms with E-state index in [4.69, 9.17) is 0 Å². The number of amides is 1. The predicted molar refractivity (Wildman–Crippen MR) is 71.0 cm³/mol. The molecule has 0 aliphatic rings. The average molecular weight is 309 g/mol. The maximum atomic E-state index is 12.9. The molecular weight excluding hydrogens is 299 g/mol. The smallest absolute Gasteiger partial charge is 0.257 e. The molecule has 0 saturated heterocycles. The largest absolute Gasteiger partial charge is 0.307 e. The molecule has 0 aliphatic carbocycles. The van der Waals surface area contributed by atoms with Crippen LogP contribution >= 0.6 is 15.9 Å². The van der Waals surface area contributed by atoms with E-state index in [9.17, 15) is 9.18 Å². The molecule has 0 atom stereocenters. The summed E-state index contributed by atoms with van der Waals surface area (Å²) in [5.74, 6) is -0.221. The van der Waals surface area contributed by atoms with Crippen molar-refractivity contribution in [3.63, 3.8) is 0 Å². The average Bonchev–Trinajstić information content (AvgIpc) is 2.28. The van der Waals surface area contributed by atoms with Crippen LogP contribution in [0, 0.1) is 12.7 Å². The van der Waals surface area contributed by atoms with Gasteiger partial charge in [0.15, 0.2) is 0 Å². The zero-order chi connectivity index (χ0) is 13.1. The van der Waals surface area contributed by atoms with Gasteiger partial charge >= 0.3 is 0 Å². The van der Waals surface area contributed by atoms with Gasteiger partial charge < -0.3 is 5.32 Å². The van der Waals surface area contributed by atoms with Crippen LogP contribution in [0.1, 0.15) is 15.9 Å². The summed E-state index contributed by atoms with van der Waals surface area (Å²) in [5.41, 5.74) is 1.01. The minimum absolute atomic E-state index is 0.307. The number of hydrogen-bond acceptors (Lipinski definition) is 2. The van der Waals surface area contributed by atoms with Crippen molar-refractivity contribution in [1.29, 1.82) is 0 Å². The maximum absolute atomic E-state index is 12.9. The lowest BCUT2D eigenvalue weighted by Crippen LogP contribution is -2.14. The third-order valence-corrected chi connectivity index (χ3v) is 2.83. The first-order valence-corrected chi connectivity index (χ1v) is 6.05. The molecule has 5 heteroatoms. The lowest BCUT2D eigenvalue weighted by molar-refractivity contribution is 0.102. The second-order valence-electron chi connectivity index (χ2n) is 3.76. The number of carbonyl (C=O) groups excluding carboxylic acids is 1. The van der Waals surface area contributed by atoms with E-state index in [-0.39, 0.29) is 11.7 Å². The molecule has 1 heterocycles. The molecule has 1 aromatic carbocycles. The molecule has 92 valence electrons. The minimum Gasteiger partial charge on any atom is -0.307 e. The van der Waals surface area contributed by atoms with E-state index < -0.39 is 0 Å². The molecule has 0 saturated carbocycles. The molecule has 0 fully saturated rings. The number of aryl methyl sites for hydroxylation is 1. The van der Waals surface area contributed by atoms with Crippen LogP contribution in [0.15, 0.2) is 41.0 Å². The number of rotatable bonds is 2. The highest BCUT2D eigenvalue weighted by Crippen LogP contribution is 2.14. The number of nitrogens with one attached hydrogen (secondary N) is 1. The number of halogens is 2. The molecule has 3 nitrogen and oxygen atoms in total. The Balaban J connectivity index is 2.22. The third-order valence-electron chi connectivity index (χ3n) is 2.39. The monoisotopic (exact) mass is 308 g/mol. The Kier molecular flexibility index (Phi) is 3.72. The van der Waals surface area contributed by atoms with Gasteiger partial charge in [0.2, 0.25) is 0 Å². The lowest BCUT2D eigenvalue weighted by Gasteiger charge is -2.07. The zero-order valence-electron chi connectivity index (χ0n) is 9.58. The number of pyridine rings is 1. The molecule has 1 amide bonds. The van der Waals surface area contributed by atoms with Crippen LogP contribution in [0.2, 0.25) is 0 Å². The first-order valence-electron chi connectivity index (χ1n) is 5.26. The lowest BCUT2D eigenvalue weighted by atomic mass is 10.1. The van der Waals surface area contributed by atoms with Crippen LogP contribution in [0.25, 0.3) is 0 Å². The van der Waals surface area contributed by atoms with E-state index in [1.807, 2.05) is 0 Å². The van der Waals surface area contributed by atoms with E-state index in [2.05, 4.69) is 26.2 Å². The highest BCUT2D eigenvalue weighted by atomic mass is 79.9. The normalized spacial score (nSPS) is 10.2. The van der Waals surface area contributed by atoms with Crippen molar-refractivity contribution in [2.24, 2.45) is 0 Å². The summed E-state index contributed by atoms with van der Waals surface area (Å²) < 4.78 is 13.6. The molecule has 0 unspecified atom stereocenters. The summed E-state index contributed by atoms with van der Waals surface area (Å²) in [6, 6.07) is 9.25. The fourth-order valence-electron chi connectivity index (χ4n) is 1.54. The van der Waals surface area contributed by atoms with Gasteiger partial charge in [-0.2, -0.15) is 0 Å². The Labute approximate surface area is 112 Å². The molecule has 2 aromatic rings. The van der Waals surface area contributed by atoms with E-state index in [1.165, 1.54) is 18.2 Å². The number of nitrogens with zero attached hydrogens (tertiary/aromatic N) is 1. The highest BCUT2D eigenvalue weighted by Gasteiger charge is 2.10. The summed E-state index contributed by atoms with van der Waals surface area (Å²) in [6.45, 7) is 1.69. The van der Waals surface area contributed by atoms with Gasteiger partial charge in [-0.25, -0.2) is 9.37 Å². The van der Waals surface area contributed by atoms with Crippen molar-refractivity contribution >= 4 is 27.7 Å². The van der Waals surface area contributed by atoms with E-state index in [1.54, 1.807) is 25.1 Å². The van der Waals surface area contributed by atoms with E-state index in [0.717, 1.165) is 0 Å². The van der Waals surface area contributed by atoms with Crippen LogP contribution in [-0.4, -0.2) is 10.9 Å². The molecule has 1 aromatic heterocycles. The Morgan fingerprint density at radius 2 is 2.11 bits per heavy atom. The second kappa shape index (κ2) is 5.27. The fraction of sp³-hybridized carbons (Fsp3) is 0.0769. The van der Waals surface area contributed by atoms with Crippen molar-refractivity contribution in [2.45, 2.75) is 6.92 Å². The maximum Gasteiger partial charge on any atom is 0.257 e. The summed E-state index contributed by atoms with van der Waals surface area (Å²) in [5, 5.41) is 2.66. The number of anilines is 1. The summed E-state index contributed by atoms with van der Waals surface area (Å²) in [4.78, 5) is 16.1. The number of hydrogen-bond donors (Lipinski definition) is 1. The summed E-state index contributed by atoms with van der Waals surface area (Å²) in [6.07, 6.45) is 0. The van der Waals surface area contributed by atoms with Crippen molar-refractivity contribution in [2.75, 3.05) is 5.32 Å². The minimum atomic E-state index is -0.357. The van der Waals surface area contributed by atoms with Gasteiger partial charge in [-0.05, 0) is 58.7 Å². The van der Waals surface area contributed by atoms with Gasteiger partial charge in [0.1, 0.15) is 16.2 Å². The fourth-order valence-corrected chi connectivity index (χ4v) is 1.89. The third kappa shape index (κ3) is 2.92. The van der Waals surface area contributed by atoms with Gasteiger partial charge in [0.25, 0.3) is 5.91 Å². The van der Waals surface area contributed by atoms with Gasteiger partial charge in [-0.1, -0.05) is 6.07 Å². The molecule has 0 aliphatic heterocycles. The summed E-state index contributed by atoms with van der Waals surface area (Å²) >= 11 is 3.22. The molecule has 2 rings (SSSR count). The molecule has 0 bridgehead atoms. The zero-order valence-corrected chi connectivity index (χ0v) is 11.2. The number of benzene rings is 1. The Bertz CT molecular complexity index is 601. The molecule has 0 radical (unpaired) electrons. The van der Waals surface area contributed by atoms with Crippen LogP contribution in [0.3, 0.4) is 0 Å². The van der Waals surface area contributed by atoms with Crippen molar-refractivity contribution in [3.05, 3.63) is 57.9 Å². The quantitative estimate of drug-likeness (QED) is 0.862. The Morgan fingerprint density at radius 1 is 1.33 bits per heavy atom. The van der Waals surface area contributed by atoms with E-state index >= 15 is 0 Å². The highest BCUT2D eigenvalue weighted by molar-refractivity contribution is 9.10. The van der Waals surface area contributed by atoms with E-state index in [0.29, 0.717) is 21.5 Å². The molecule has 1 N–H and O–H groups in total. The molecule has 18 heavy (non-hydrogen) atoms. The molecular formula is C13H10BrFN2O. The van der Waals surface area contributed by atoms with Crippen LogP contribution < -0.4 is 5.32 Å². The Morgan fingerprint density at radius 3 is 2.78 bits per heavy atom. The van der Waals surface area contributed by atoms with Gasteiger partial charge in [-0.15, -0.1) is 0 Å². The summed E-state index contributed by atoms with van der Waals surface area (Å²) in [7, 11) is 0. The predicted octanol–water partition coefficient (Wildman–Crippen LogP) is 3.54. The number of aromatic nitrogens is 1. The topological polar surface area (TPSA) is 42.0 Å². The van der Waals surface area contributed by atoms with Crippen LogP contribution in [0.4, 0.5) is 10.2 Å². The van der Waals surface area contributed by atoms with Crippen molar-refractivity contribution in [3.8, 4) is 0 Å². The SMILES string of the molecule is Cc1cc(F)ccc1C(=O)Nc1cccc(Br)n1. The van der Waals surface area contributed by atoms with Crippen LogP contribution in [-0.2, 0) is 0 Å². The molecule has 0 spiro atoms. The van der Waals surface area contributed by atoms with Gasteiger partial charge in [-0.3, -0.25) is 4.79 Å². The first-order chi connectivity index (χ1) is 8.56. The van der Waals surface area contributed by atoms with Gasteiger partial charge in [0.05, 0.1) is 0 Å². The van der Waals surface area contributed by atoms with Crippen LogP contribution in [0.5, 0.6) is 0 Å². The Hall–Kier alpha value is -1.75. The first kappa shape index (κ1) is 12.7. The standard InChI is InChI=1S/C13H10BrFN2O/c1-8-7-9(15)5-6-10(8)13(18)17-12-4-2-3-11(14)16-12/h2-7H,1H3,(H,16,17,18). The second-order valence-corrected chi connectivity index (χ2v) is 4.57. The number of carbonyl (C=O) groups is 1.